The lowest BCUT2D eigenvalue weighted by atomic mass is 10.2. The zero-order valence-corrected chi connectivity index (χ0v) is 13.1. The fraction of sp³-hybridized carbons (Fsp3) is 0.0588. The number of carbonyl (C=O) groups is 1. The van der Waals surface area contributed by atoms with Gasteiger partial charge in [-0.05, 0) is 36.8 Å². The molecule has 0 aliphatic heterocycles. The first-order chi connectivity index (χ1) is 11.0. The summed E-state index contributed by atoms with van der Waals surface area (Å²) < 4.78 is 0. The molecule has 0 saturated carbocycles. The molecule has 0 spiro atoms. The van der Waals surface area contributed by atoms with E-state index in [9.17, 15) is 9.90 Å². The van der Waals surface area contributed by atoms with Crippen LogP contribution in [0.25, 0.3) is 0 Å². The first kappa shape index (κ1) is 16.4. The molecule has 0 aliphatic carbocycles. The van der Waals surface area contributed by atoms with Crippen LogP contribution in [-0.4, -0.2) is 11.0 Å². The first-order valence-corrected chi connectivity index (χ1v) is 7.12. The van der Waals surface area contributed by atoms with Crippen LogP contribution in [0.5, 0.6) is 5.75 Å². The minimum absolute atomic E-state index is 0.0205. The second-order valence-corrected chi connectivity index (χ2v) is 5.11. The predicted molar refractivity (Wildman–Crippen MR) is 90.2 cm³/mol. The lowest BCUT2D eigenvalue weighted by molar-refractivity contribution is -0.112. The predicted octanol–water partition coefficient (Wildman–Crippen LogP) is 3.81. The Labute approximate surface area is 138 Å². The molecular formula is C17H14ClN3O2. The fourth-order valence-electron chi connectivity index (χ4n) is 1.83. The van der Waals surface area contributed by atoms with Crippen molar-refractivity contribution in [2.75, 3.05) is 10.6 Å². The van der Waals surface area contributed by atoms with Gasteiger partial charge in [-0.15, -0.1) is 0 Å². The zero-order chi connectivity index (χ0) is 16.8. The standard InChI is InChI=1S/C17H14ClN3O2/c1-11-13(18)5-4-7-14(11)21-17(23)12(9-19)10-20-15-6-2-3-8-16(15)22/h2-8,10,20,22H,1H3,(H,21,23)/b12-10-. The Balaban J connectivity index is 2.16. The van der Waals surface area contributed by atoms with E-state index in [0.29, 0.717) is 22.0 Å². The van der Waals surface area contributed by atoms with E-state index in [1.807, 2.05) is 6.07 Å². The minimum atomic E-state index is -0.569. The van der Waals surface area contributed by atoms with Crippen molar-refractivity contribution in [3.8, 4) is 11.8 Å². The molecule has 0 atom stereocenters. The highest BCUT2D eigenvalue weighted by Crippen LogP contribution is 2.24. The van der Waals surface area contributed by atoms with Gasteiger partial charge in [0.1, 0.15) is 17.4 Å². The van der Waals surface area contributed by atoms with Gasteiger partial charge >= 0.3 is 0 Å². The number of nitriles is 1. The topological polar surface area (TPSA) is 85.2 Å². The summed E-state index contributed by atoms with van der Waals surface area (Å²) in [6.45, 7) is 1.77. The first-order valence-electron chi connectivity index (χ1n) is 6.74. The molecule has 6 heteroatoms. The molecule has 116 valence electrons. The van der Waals surface area contributed by atoms with E-state index in [2.05, 4.69) is 10.6 Å². The molecule has 0 aliphatic rings. The molecule has 2 aromatic carbocycles. The van der Waals surface area contributed by atoms with Crippen molar-refractivity contribution in [3.05, 3.63) is 64.8 Å². The Morgan fingerprint density at radius 2 is 1.91 bits per heavy atom. The molecular weight excluding hydrogens is 314 g/mol. The smallest absolute Gasteiger partial charge is 0.267 e. The van der Waals surface area contributed by atoms with Crippen LogP contribution < -0.4 is 10.6 Å². The molecule has 0 fully saturated rings. The summed E-state index contributed by atoms with van der Waals surface area (Å²) in [4.78, 5) is 12.2. The Morgan fingerprint density at radius 3 is 2.61 bits per heavy atom. The summed E-state index contributed by atoms with van der Waals surface area (Å²) in [5, 5.41) is 24.7. The third kappa shape index (κ3) is 4.02. The number of amides is 1. The van der Waals surface area contributed by atoms with Gasteiger partial charge in [-0.3, -0.25) is 4.79 Å². The molecule has 3 N–H and O–H groups in total. The Bertz CT molecular complexity index is 810. The highest BCUT2D eigenvalue weighted by Gasteiger charge is 2.12. The summed E-state index contributed by atoms with van der Waals surface area (Å²) in [5.74, 6) is -0.548. The number of aromatic hydroxyl groups is 1. The number of halogens is 1. The molecule has 1 amide bonds. The highest BCUT2D eigenvalue weighted by atomic mass is 35.5. The number of hydrogen-bond acceptors (Lipinski definition) is 4. The number of phenols is 1. The second-order valence-electron chi connectivity index (χ2n) is 4.70. The summed E-state index contributed by atoms with van der Waals surface area (Å²) in [5.41, 5.74) is 1.51. The molecule has 5 nitrogen and oxygen atoms in total. The van der Waals surface area contributed by atoms with Gasteiger partial charge in [0, 0.05) is 16.9 Å². The summed E-state index contributed by atoms with van der Waals surface area (Å²) in [6.07, 6.45) is 1.24. The van der Waals surface area contributed by atoms with Gasteiger partial charge in [-0.25, -0.2) is 0 Å². The number of benzene rings is 2. The van der Waals surface area contributed by atoms with E-state index in [-0.39, 0.29) is 11.3 Å². The summed E-state index contributed by atoms with van der Waals surface area (Å²) >= 11 is 6.00. The van der Waals surface area contributed by atoms with Gasteiger partial charge < -0.3 is 15.7 Å². The van der Waals surface area contributed by atoms with Gasteiger partial charge in [0.15, 0.2) is 0 Å². The lowest BCUT2D eigenvalue weighted by Crippen LogP contribution is -2.15. The van der Waals surface area contributed by atoms with Crippen molar-refractivity contribution in [2.45, 2.75) is 6.92 Å². The maximum absolute atomic E-state index is 12.2. The van der Waals surface area contributed by atoms with Crippen LogP contribution in [-0.2, 0) is 4.79 Å². The van der Waals surface area contributed by atoms with Gasteiger partial charge in [0.05, 0.1) is 5.69 Å². The number of anilines is 2. The Hall–Kier alpha value is -2.97. The van der Waals surface area contributed by atoms with Crippen molar-refractivity contribution < 1.29 is 9.90 Å². The summed E-state index contributed by atoms with van der Waals surface area (Å²) in [6, 6.07) is 13.5. The normalized spacial score (nSPS) is 10.7. The monoisotopic (exact) mass is 327 g/mol. The van der Waals surface area contributed by atoms with Crippen LogP contribution in [0.2, 0.25) is 5.02 Å². The fourth-order valence-corrected chi connectivity index (χ4v) is 2.00. The van der Waals surface area contributed by atoms with Crippen LogP contribution in [0.3, 0.4) is 0 Å². The third-order valence-corrected chi connectivity index (χ3v) is 3.57. The number of hydrogen-bond donors (Lipinski definition) is 3. The van der Waals surface area contributed by atoms with Crippen LogP contribution in [0.15, 0.2) is 54.2 Å². The van der Waals surface area contributed by atoms with Crippen LogP contribution in [0.1, 0.15) is 5.56 Å². The van der Waals surface area contributed by atoms with E-state index < -0.39 is 5.91 Å². The van der Waals surface area contributed by atoms with Gasteiger partial charge in [0.2, 0.25) is 0 Å². The molecule has 0 heterocycles. The van der Waals surface area contributed by atoms with Gasteiger partial charge in [-0.1, -0.05) is 29.8 Å². The average molecular weight is 328 g/mol. The summed E-state index contributed by atoms with van der Waals surface area (Å²) in [7, 11) is 0. The molecule has 23 heavy (non-hydrogen) atoms. The number of nitrogens with one attached hydrogen (secondary N) is 2. The maximum Gasteiger partial charge on any atom is 0.267 e. The SMILES string of the molecule is Cc1c(Cl)cccc1NC(=O)/C(C#N)=C\Nc1ccccc1O. The van der Waals surface area contributed by atoms with E-state index >= 15 is 0 Å². The molecule has 0 unspecified atom stereocenters. The zero-order valence-electron chi connectivity index (χ0n) is 12.3. The van der Waals surface area contributed by atoms with Crippen LogP contribution in [0, 0.1) is 18.3 Å². The van der Waals surface area contributed by atoms with Crippen molar-refractivity contribution in [2.24, 2.45) is 0 Å². The number of nitrogens with zero attached hydrogens (tertiary/aromatic N) is 1. The van der Waals surface area contributed by atoms with E-state index in [0.717, 1.165) is 0 Å². The number of para-hydroxylation sites is 2. The van der Waals surface area contributed by atoms with E-state index in [1.54, 1.807) is 43.3 Å². The Morgan fingerprint density at radius 1 is 1.22 bits per heavy atom. The number of carbonyl (C=O) groups excluding carboxylic acids is 1. The van der Waals surface area contributed by atoms with E-state index in [1.165, 1.54) is 12.3 Å². The van der Waals surface area contributed by atoms with Crippen molar-refractivity contribution in [1.82, 2.24) is 0 Å². The molecule has 2 rings (SSSR count). The highest BCUT2D eigenvalue weighted by molar-refractivity contribution is 6.31. The van der Waals surface area contributed by atoms with Crippen molar-refractivity contribution in [3.63, 3.8) is 0 Å². The molecule has 2 aromatic rings. The van der Waals surface area contributed by atoms with Gasteiger partial charge in [-0.2, -0.15) is 5.26 Å². The largest absolute Gasteiger partial charge is 0.506 e. The minimum Gasteiger partial charge on any atom is -0.506 e. The average Bonchev–Trinajstić information content (AvgIpc) is 2.54. The van der Waals surface area contributed by atoms with Gasteiger partial charge in [0.25, 0.3) is 5.91 Å². The third-order valence-electron chi connectivity index (χ3n) is 3.16. The molecule has 0 saturated heterocycles. The lowest BCUT2D eigenvalue weighted by Gasteiger charge is -2.09. The number of phenolic OH excluding ortho intramolecular Hbond substituents is 1. The maximum atomic E-state index is 12.2. The van der Waals surface area contributed by atoms with E-state index in [4.69, 9.17) is 16.9 Å². The molecule has 0 radical (unpaired) electrons. The van der Waals surface area contributed by atoms with Crippen molar-refractivity contribution >= 4 is 28.9 Å². The quantitative estimate of drug-likeness (QED) is 0.453. The molecule has 0 bridgehead atoms. The second kappa shape index (κ2) is 7.34. The van der Waals surface area contributed by atoms with Crippen LogP contribution >= 0.6 is 11.6 Å². The number of rotatable bonds is 4. The van der Waals surface area contributed by atoms with Crippen molar-refractivity contribution in [1.29, 1.82) is 5.26 Å². The van der Waals surface area contributed by atoms with Crippen LogP contribution in [0.4, 0.5) is 11.4 Å². The molecule has 0 aromatic heterocycles. The Kier molecular flexibility index (Phi) is 5.23.